The van der Waals surface area contributed by atoms with E-state index in [2.05, 4.69) is 11.1 Å². The van der Waals surface area contributed by atoms with Gasteiger partial charge in [-0.05, 0) is 41.8 Å². The van der Waals surface area contributed by atoms with Crippen LogP contribution in [0.15, 0.2) is 78.9 Å². The molecular formula is C26H21N3O2. The van der Waals surface area contributed by atoms with Crippen LogP contribution in [-0.4, -0.2) is 27.9 Å². The molecule has 1 N–H and O–H groups in total. The van der Waals surface area contributed by atoms with Gasteiger partial charge in [-0.2, -0.15) is 0 Å². The first-order valence-electron chi connectivity index (χ1n) is 10.5. The van der Waals surface area contributed by atoms with E-state index >= 15 is 0 Å². The van der Waals surface area contributed by atoms with Crippen LogP contribution >= 0.6 is 0 Å². The Morgan fingerprint density at radius 3 is 2.48 bits per heavy atom. The third kappa shape index (κ3) is 2.56. The molecule has 2 aliphatic heterocycles. The first-order chi connectivity index (χ1) is 15.1. The number of imide groups is 1. The second-order valence-corrected chi connectivity index (χ2v) is 8.30. The van der Waals surface area contributed by atoms with E-state index < -0.39 is 6.04 Å². The fourth-order valence-electron chi connectivity index (χ4n) is 5.06. The van der Waals surface area contributed by atoms with Crippen molar-refractivity contribution in [2.75, 3.05) is 4.90 Å². The van der Waals surface area contributed by atoms with Gasteiger partial charge in [-0.1, -0.05) is 60.7 Å². The molecule has 3 amide bonds. The van der Waals surface area contributed by atoms with Gasteiger partial charge in [-0.25, -0.2) is 9.69 Å². The maximum atomic E-state index is 13.7. The third-order valence-electron chi connectivity index (χ3n) is 6.42. The van der Waals surface area contributed by atoms with Gasteiger partial charge in [0.2, 0.25) is 0 Å². The van der Waals surface area contributed by atoms with E-state index in [-0.39, 0.29) is 18.0 Å². The summed E-state index contributed by atoms with van der Waals surface area (Å²) < 4.78 is 0. The van der Waals surface area contributed by atoms with Crippen LogP contribution in [0.25, 0.3) is 10.9 Å². The highest BCUT2D eigenvalue weighted by atomic mass is 16.2. The summed E-state index contributed by atoms with van der Waals surface area (Å²) in [5.41, 5.74) is 5.79. The zero-order valence-electron chi connectivity index (χ0n) is 17.1. The number of aromatic amines is 1. The number of amides is 3. The first kappa shape index (κ1) is 18.0. The average Bonchev–Trinajstić information content (AvgIpc) is 3.28. The Bertz CT molecular complexity index is 1340. The molecule has 5 heteroatoms. The van der Waals surface area contributed by atoms with E-state index in [1.807, 2.05) is 79.7 Å². The van der Waals surface area contributed by atoms with E-state index in [9.17, 15) is 9.59 Å². The maximum Gasteiger partial charge on any atom is 0.332 e. The van der Waals surface area contributed by atoms with Crippen molar-refractivity contribution in [3.05, 3.63) is 101 Å². The molecule has 152 valence electrons. The number of carbonyl (C=O) groups is 2. The van der Waals surface area contributed by atoms with E-state index in [1.165, 1.54) is 4.90 Å². The molecule has 2 aliphatic rings. The summed E-state index contributed by atoms with van der Waals surface area (Å²) in [6, 6.07) is 24.5. The Balaban J connectivity index is 1.55. The van der Waals surface area contributed by atoms with Gasteiger partial charge in [0.25, 0.3) is 5.91 Å². The second kappa shape index (κ2) is 6.57. The summed E-state index contributed by atoms with van der Waals surface area (Å²) in [6.45, 7) is 1.96. The van der Waals surface area contributed by atoms with Crippen LogP contribution in [-0.2, 0) is 11.2 Å². The van der Waals surface area contributed by atoms with Crippen LogP contribution in [0.4, 0.5) is 10.5 Å². The van der Waals surface area contributed by atoms with E-state index in [1.54, 1.807) is 4.90 Å². The van der Waals surface area contributed by atoms with Gasteiger partial charge in [0.05, 0.1) is 5.69 Å². The average molecular weight is 407 g/mol. The molecule has 0 aliphatic carbocycles. The van der Waals surface area contributed by atoms with Crippen LogP contribution in [0.1, 0.15) is 28.4 Å². The Hall–Kier alpha value is -3.86. The number of hydrogen-bond donors (Lipinski definition) is 1. The zero-order valence-corrected chi connectivity index (χ0v) is 17.1. The van der Waals surface area contributed by atoms with Gasteiger partial charge in [0, 0.05) is 23.0 Å². The lowest BCUT2D eigenvalue weighted by atomic mass is 9.89. The minimum absolute atomic E-state index is 0.160. The van der Waals surface area contributed by atoms with Crippen LogP contribution in [0.3, 0.4) is 0 Å². The molecule has 2 atom stereocenters. The van der Waals surface area contributed by atoms with Gasteiger partial charge >= 0.3 is 6.03 Å². The number of benzene rings is 3. The minimum atomic E-state index is -0.523. The molecule has 31 heavy (non-hydrogen) atoms. The van der Waals surface area contributed by atoms with E-state index in [0.29, 0.717) is 12.1 Å². The summed E-state index contributed by atoms with van der Waals surface area (Å²) >= 11 is 0. The molecule has 1 fully saturated rings. The van der Waals surface area contributed by atoms with Gasteiger partial charge in [0.15, 0.2) is 0 Å². The normalized spacial score (nSPS) is 20.3. The molecule has 6 rings (SSSR count). The van der Waals surface area contributed by atoms with Crippen LogP contribution in [0.5, 0.6) is 0 Å². The molecule has 5 nitrogen and oxygen atoms in total. The fourth-order valence-corrected chi connectivity index (χ4v) is 5.06. The molecule has 1 aromatic heterocycles. The SMILES string of the molecule is Cc1cccc(N2C(=O)[C@@H]3Cc4c([nH]c5ccccc45)[C@@H](c4ccccc4)N3C2=O)c1. The highest BCUT2D eigenvalue weighted by Crippen LogP contribution is 2.44. The number of nitrogens with one attached hydrogen (secondary N) is 1. The lowest BCUT2D eigenvalue weighted by Crippen LogP contribution is -2.44. The van der Waals surface area contributed by atoms with Crippen molar-refractivity contribution >= 4 is 28.5 Å². The van der Waals surface area contributed by atoms with Gasteiger partial charge in [0.1, 0.15) is 12.1 Å². The van der Waals surface area contributed by atoms with Crippen LogP contribution in [0.2, 0.25) is 0 Å². The molecule has 4 aromatic rings. The molecule has 0 bridgehead atoms. The van der Waals surface area contributed by atoms with E-state index in [4.69, 9.17) is 0 Å². The molecule has 0 saturated carbocycles. The van der Waals surface area contributed by atoms with Gasteiger partial charge in [-0.15, -0.1) is 0 Å². The van der Waals surface area contributed by atoms with Crippen molar-refractivity contribution in [2.45, 2.75) is 25.4 Å². The molecule has 3 heterocycles. The number of carbonyl (C=O) groups excluding carboxylic acids is 2. The minimum Gasteiger partial charge on any atom is -0.356 e. The highest BCUT2D eigenvalue weighted by Gasteiger charge is 2.53. The van der Waals surface area contributed by atoms with Crippen molar-refractivity contribution in [1.29, 1.82) is 0 Å². The summed E-state index contributed by atoms with van der Waals surface area (Å²) in [5, 5.41) is 1.12. The monoisotopic (exact) mass is 407 g/mol. The highest BCUT2D eigenvalue weighted by molar-refractivity contribution is 6.22. The fraction of sp³-hybridized carbons (Fsp3) is 0.154. The molecule has 3 aromatic carbocycles. The lowest BCUT2D eigenvalue weighted by molar-refractivity contribution is -0.120. The van der Waals surface area contributed by atoms with Crippen LogP contribution in [0, 0.1) is 6.92 Å². The van der Waals surface area contributed by atoms with Crippen molar-refractivity contribution in [3.63, 3.8) is 0 Å². The standard InChI is InChI=1S/C26H21N3O2/c1-16-8-7-11-18(14-16)28-25(30)22-15-20-19-12-5-6-13-21(19)27-23(20)24(29(22)26(28)31)17-9-3-2-4-10-17/h2-14,22,24,27H,15H2,1H3/t22-,24+/m0/s1. The third-order valence-corrected chi connectivity index (χ3v) is 6.42. The molecule has 0 unspecified atom stereocenters. The predicted molar refractivity (Wildman–Crippen MR) is 120 cm³/mol. The molecule has 0 spiro atoms. The van der Waals surface area contributed by atoms with E-state index in [0.717, 1.165) is 33.3 Å². The number of nitrogens with zero attached hydrogens (tertiary/aromatic N) is 2. The second-order valence-electron chi connectivity index (χ2n) is 8.30. The van der Waals surface area contributed by atoms with Crippen molar-refractivity contribution in [3.8, 4) is 0 Å². The van der Waals surface area contributed by atoms with Crippen LogP contribution < -0.4 is 4.90 Å². The summed E-state index contributed by atoms with van der Waals surface area (Å²) in [6.07, 6.45) is 0.509. The molecule has 0 radical (unpaired) electrons. The van der Waals surface area contributed by atoms with Gasteiger partial charge in [-0.3, -0.25) is 9.69 Å². The Morgan fingerprint density at radius 2 is 1.68 bits per heavy atom. The number of rotatable bonds is 2. The zero-order chi connectivity index (χ0) is 21.1. The molecular weight excluding hydrogens is 386 g/mol. The Kier molecular flexibility index (Phi) is 3.81. The smallest absolute Gasteiger partial charge is 0.332 e. The summed E-state index contributed by atoms with van der Waals surface area (Å²) in [5.74, 6) is -0.160. The summed E-state index contributed by atoms with van der Waals surface area (Å²) in [7, 11) is 0. The van der Waals surface area contributed by atoms with Crippen molar-refractivity contribution < 1.29 is 9.59 Å². The number of para-hydroxylation sites is 1. The van der Waals surface area contributed by atoms with Crippen molar-refractivity contribution in [1.82, 2.24) is 9.88 Å². The predicted octanol–water partition coefficient (Wildman–Crippen LogP) is 4.96. The number of fused-ring (bicyclic) bond motifs is 4. The number of anilines is 1. The number of aryl methyl sites for hydroxylation is 1. The first-order valence-corrected chi connectivity index (χ1v) is 10.5. The van der Waals surface area contributed by atoms with Gasteiger partial charge < -0.3 is 4.98 Å². The number of H-pyrrole nitrogens is 1. The number of aromatic nitrogens is 1. The topological polar surface area (TPSA) is 56.4 Å². The summed E-state index contributed by atoms with van der Waals surface area (Å²) in [4.78, 5) is 33.9. The largest absolute Gasteiger partial charge is 0.356 e. The number of hydrogen-bond acceptors (Lipinski definition) is 2. The number of urea groups is 1. The quantitative estimate of drug-likeness (QED) is 0.478. The Morgan fingerprint density at radius 1 is 0.903 bits per heavy atom. The Labute approximate surface area is 179 Å². The van der Waals surface area contributed by atoms with Crippen molar-refractivity contribution in [2.24, 2.45) is 0 Å². The lowest BCUT2D eigenvalue weighted by Gasteiger charge is -2.36. The maximum absolute atomic E-state index is 13.7. The molecule has 1 saturated heterocycles.